The molecule has 0 unspecified atom stereocenters. The lowest BCUT2D eigenvalue weighted by Crippen LogP contribution is -2.25. The molecular weight excluding hydrogens is 262 g/mol. The minimum atomic E-state index is -0.423. The summed E-state index contributed by atoms with van der Waals surface area (Å²) in [7, 11) is 0. The van der Waals surface area contributed by atoms with Crippen molar-refractivity contribution in [1.82, 2.24) is 0 Å². The lowest BCUT2D eigenvalue weighted by molar-refractivity contribution is -0.146. The molecule has 1 heterocycles. The first-order valence-electron chi connectivity index (χ1n) is 6.24. The summed E-state index contributed by atoms with van der Waals surface area (Å²) in [6, 6.07) is 4.69. The molecule has 106 valence electrons. The Hall–Kier alpha value is -2.37. The molecule has 20 heavy (non-hydrogen) atoms. The number of fused-ring (bicyclic) bond motifs is 1. The number of anilines is 1. The van der Waals surface area contributed by atoms with Crippen molar-refractivity contribution in [2.75, 3.05) is 18.5 Å². The average molecular weight is 277 g/mol. The van der Waals surface area contributed by atoms with Crippen LogP contribution in [0.4, 0.5) is 5.69 Å². The fraction of sp³-hybridized carbons (Fsp3) is 0.357. The van der Waals surface area contributed by atoms with Crippen LogP contribution in [0.15, 0.2) is 18.2 Å². The second kappa shape index (κ2) is 5.73. The number of amides is 1. The summed E-state index contributed by atoms with van der Waals surface area (Å²) in [6.45, 7) is 3.04. The van der Waals surface area contributed by atoms with Crippen LogP contribution in [0.1, 0.15) is 24.2 Å². The van der Waals surface area contributed by atoms with Crippen molar-refractivity contribution in [2.45, 2.75) is 13.8 Å². The molecule has 0 saturated carbocycles. The molecule has 1 aromatic rings. The molecule has 6 heteroatoms. The van der Waals surface area contributed by atoms with Gasteiger partial charge in [-0.2, -0.15) is 0 Å². The van der Waals surface area contributed by atoms with E-state index in [1.807, 2.05) is 0 Å². The van der Waals surface area contributed by atoms with E-state index in [-0.39, 0.29) is 30.8 Å². The first-order chi connectivity index (χ1) is 9.47. The fourth-order valence-electron chi connectivity index (χ4n) is 1.64. The van der Waals surface area contributed by atoms with Crippen molar-refractivity contribution in [3.05, 3.63) is 23.8 Å². The number of hydrogen-bond acceptors (Lipinski definition) is 5. The summed E-state index contributed by atoms with van der Waals surface area (Å²) in [5, 5.41) is 2.61. The minimum Gasteiger partial charge on any atom is -0.482 e. The molecule has 1 aromatic carbocycles. The molecule has 0 fully saturated rings. The number of Topliss-reactive ketones (excluding diaryl/α,β-unsaturated/α-hetero) is 1. The van der Waals surface area contributed by atoms with Crippen LogP contribution in [0.3, 0.4) is 0 Å². The summed E-state index contributed by atoms with van der Waals surface area (Å²) in [5.74, 6) is -0.790. The van der Waals surface area contributed by atoms with E-state index in [0.29, 0.717) is 17.0 Å². The van der Waals surface area contributed by atoms with Crippen molar-refractivity contribution in [1.29, 1.82) is 0 Å². The molecule has 1 aliphatic heterocycles. The topological polar surface area (TPSA) is 81.7 Å². The monoisotopic (exact) mass is 277 g/mol. The summed E-state index contributed by atoms with van der Waals surface area (Å²) in [5.41, 5.74) is 0.799. The Morgan fingerprint density at radius 1 is 1.40 bits per heavy atom. The quantitative estimate of drug-likeness (QED) is 0.664. The molecule has 2 rings (SSSR count). The minimum absolute atomic E-state index is 0.0354. The SMILES string of the molecule is CC(C)C(=O)OCC(=O)c1ccc2c(c1)NC(=O)CO2. The third kappa shape index (κ3) is 3.14. The van der Waals surface area contributed by atoms with Gasteiger partial charge < -0.3 is 14.8 Å². The third-order valence-corrected chi connectivity index (χ3v) is 2.75. The second-order valence-electron chi connectivity index (χ2n) is 4.73. The third-order valence-electron chi connectivity index (χ3n) is 2.75. The van der Waals surface area contributed by atoms with Gasteiger partial charge in [0.15, 0.2) is 19.0 Å². The van der Waals surface area contributed by atoms with Crippen LogP contribution in [0.25, 0.3) is 0 Å². The van der Waals surface area contributed by atoms with Crippen molar-refractivity contribution in [3.63, 3.8) is 0 Å². The van der Waals surface area contributed by atoms with Gasteiger partial charge in [-0.1, -0.05) is 13.8 Å². The molecule has 0 aliphatic carbocycles. The van der Waals surface area contributed by atoms with Crippen LogP contribution in [0.5, 0.6) is 5.75 Å². The van der Waals surface area contributed by atoms with Gasteiger partial charge in [0, 0.05) is 5.56 Å². The van der Waals surface area contributed by atoms with E-state index in [4.69, 9.17) is 9.47 Å². The van der Waals surface area contributed by atoms with E-state index in [0.717, 1.165) is 0 Å². The van der Waals surface area contributed by atoms with Crippen LogP contribution < -0.4 is 10.1 Å². The summed E-state index contributed by atoms with van der Waals surface area (Å²) in [6.07, 6.45) is 0. The van der Waals surface area contributed by atoms with E-state index in [1.165, 1.54) is 6.07 Å². The van der Waals surface area contributed by atoms with Gasteiger partial charge >= 0.3 is 5.97 Å². The molecule has 0 saturated heterocycles. The maximum atomic E-state index is 11.9. The number of hydrogen-bond donors (Lipinski definition) is 1. The van der Waals surface area contributed by atoms with Gasteiger partial charge in [-0.15, -0.1) is 0 Å². The number of esters is 1. The Balaban J connectivity index is 2.06. The molecular formula is C14H15NO5. The molecule has 1 N–H and O–H groups in total. The molecule has 6 nitrogen and oxygen atoms in total. The first kappa shape index (κ1) is 14.0. The van der Waals surface area contributed by atoms with Gasteiger partial charge in [-0.05, 0) is 18.2 Å². The second-order valence-corrected chi connectivity index (χ2v) is 4.73. The van der Waals surface area contributed by atoms with Crippen LogP contribution in [-0.4, -0.2) is 30.9 Å². The summed E-state index contributed by atoms with van der Waals surface area (Å²) in [4.78, 5) is 34.4. The van der Waals surface area contributed by atoms with E-state index < -0.39 is 5.97 Å². The maximum Gasteiger partial charge on any atom is 0.308 e. The highest BCUT2D eigenvalue weighted by atomic mass is 16.5. The number of benzene rings is 1. The highest BCUT2D eigenvalue weighted by molar-refractivity contribution is 6.01. The van der Waals surface area contributed by atoms with Crippen molar-refractivity contribution >= 4 is 23.3 Å². The maximum absolute atomic E-state index is 11.9. The molecule has 0 radical (unpaired) electrons. The molecule has 0 spiro atoms. The smallest absolute Gasteiger partial charge is 0.308 e. The van der Waals surface area contributed by atoms with Crippen molar-refractivity contribution in [2.24, 2.45) is 5.92 Å². The highest BCUT2D eigenvalue weighted by Crippen LogP contribution is 2.28. The number of carbonyl (C=O) groups is 3. The Morgan fingerprint density at radius 3 is 2.85 bits per heavy atom. The number of nitrogens with one attached hydrogen (secondary N) is 1. The first-order valence-corrected chi connectivity index (χ1v) is 6.24. The molecule has 0 aromatic heterocycles. The molecule has 1 aliphatic rings. The number of ether oxygens (including phenoxy) is 2. The van der Waals surface area contributed by atoms with Crippen LogP contribution in [0, 0.1) is 5.92 Å². The molecule has 0 atom stereocenters. The van der Waals surface area contributed by atoms with E-state index in [9.17, 15) is 14.4 Å². The Bertz CT molecular complexity index is 565. The normalized spacial score (nSPS) is 13.2. The highest BCUT2D eigenvalue weighted by Gasteiger charge is 2.18. The zero-order valence-electron chi connectivity index (χ0n) is 11.3. The van der Waals surface area contributed by atoms with Gasteiger partial charge in [-0.3, -0.25) is 14.4 Å². The van der Waals surface area contributed by atoms with E-state index in [1.54, 1.807) is 26.0 Å². The fourth-order valence-corrected chi connectivity index (χ4v) is 1.64. The largest absolute Gasteiger partial charge is 0.482 e. The lowest BCUT2D eigenvalue weighted by Gasteiger charge is -2.18. The summed E-state index contributed by atoms with van der Waals surface area (Å²) < 4.78 is 10.1. The Labute approximate surface area is 116 Å². The van der Waals surface area contributed by atoms with Crippen molar-refractivity contribution in [3.8, 4) is 5.75 Å². The predicted molar refractivity (Wildman–Crippen MR) is 70.7 cm³/mol. The number of ketones is 1. The van der Waals surface area contributed by atoms with Gasteiger partial charge in [0.2, 0.25) is 0 Å². The zero-order valence-corrected chi connectivity index (χ0v) is 11.3. The van der Waals surface area contributed by atoms with Crippen LogP contribution in [-0.2, 0) is 14.3 Å². The Kier molecular flexibility index (Phi) is 4.02. The standard InChI is InChI=1S/C14H15NO5/c1-8(2)14(18)20-6-11(16)9-3-4-12-10(5-9)15-13(17)7-19-12/h3-5,8H,6-7H2,1-2H3,(H,15,17). The van der Waals surface area contributed by atoms with E-state index >= 15 is 0 Å². The van der Waals surface area contributed by atoms with Crippen LogP contribution in [0.2, 0.25) is 0 Å². The lowest BCUT2D eigenvalue weighted by atomic mass is 10.1. The molecule has 1 amide bonds. The van der Waals surface area contributed by atoms with Gasteiger partial charge in [0.25, 0.3) is 5.91 Å². The molecule has 0 bridgehead atoms. The van der Waals surface area contributed by atoms with E-state index in [2.05, 4.69) is 5.32 Å². The number of carbonyl (C=O) groups excluding carboxylic acids is 3. The zero-order chi connectivity index (χ0) is 14.7. The number of rotatable bonds is 4. The van der Waals surface area contributed by atoms with Gasteiger partial charge in [-0.25, -0.2) is 0 Å². The predicted octanol–water partition coefficient (Wildman–Crippen LogP) is 1.40. The average Bonchev–Trinajstić information content (AvgIpc) is 2.43. The Morgan fingerprint density at radius 2 is 2.15 bits per heavy atom. The summed E-state index contributed by atoms with van der Waals surface area (Å²) >= 11 is 0. The van der Waals surface area contributed by atoms with Crippen LogP contribution >= 0.6 is 0 Å². The van der Waals surface area contributed by atoms with Gasteiger partial charge in [0.05, 0.1) is 11.6 Å². The van der Waals surface area contributed by atoms with Crippen molar-refractivity contribution < 1.29 is 23.9 Å². The van der Waals surface area contributed by atoms with Gasteiger partial charge in [0.1, 0.15) is 5.75 Å².